The number of phenols is 2. The molecule has 0 spiro atoms. The number of aromatic nitrogens is 1. The normalized spacial score (nSPS) is 10.0. The first-order chi connectivity index (χ1) is 9.95. The molecule has 3 heteroatoms. The zero-order chi connectivity index (χ0) is 15.4. The van der Waals surface area contributed by atoms with Gasteiger partial charge in [0.15, 0.2) is 0 Å². The third-order valence-electron chi connectivity index (χ3n) is 3.04. The molecule has 108 valence electrons. The Morgan fingerprint density at radius 1 is 0.810 bits per heavy atom. The van der Waals surface area contributed by atoms with Crippen molar-refractivity contribution >= 4 is 10.9 Å². The molecule has 0 aliphatic heterocycles. The lowest BCUT2D eigenvalue weighted by Crippen LogP contribution is -1.82. The highest BCUT2D eigenvalue weighted by molar-refractivity contribution is 5.84. The average molecular weight is 281 g/mol. The largest absolute Gasteiger partial charge is 0.508 e. The quantitative estimate of drug-likeness (QED) is 0.647. The van der Waals surface area contributed by atoms with Gasteiger partial charge in [0, 0.05) is 11.1 Å². The van der Waals surface area contributed by atoms with E-state index in [9.17, 15) is 5.11 Å². The van der Waals surface area contributed by atoms with Gasteiger partial charge >= 0.3 is 0 Å². The number of aryl methyl sites for hydroxylation is 3. The molecule has 0 aliphatic rings. The zero-order valence-corrected chi connectivity index (χ0v) is 12.5. The summed E-state index contributed by atoms with van der Waals surface area (Å²) >= 11 is 0. The Kier molecular flexibility index (Phi) is 4.43. The van der Waals surface area contributed by atoms with E-state index in [0.29, 0.717) is 11.3 Å². The molecule has 3 aromatic rings. The van der Waals surface area contributed by atoms with E-state index in [2.05, 4.69) is 4.98 Å². The molecule has 3 nitrogen and oxygen atoms in total. The molecule has 1 aromatic heterocycles. The Hall–Kier alpha value is -2.55. The second kappa shape index (κ2) is 6.27. The Labute approximate surface area is 124 Å². The van der Waals surface area contributed by atoms with E-state index in [1.165, 1.54) is 0 Å². The molecule has 0 radical (unpaired) electrons. The summed E-state index contributed by atoms with van der Waals surface area (Å²) < 4.78 is 0. The first kappa shape index (κ1) is 14.9. The Morgan fingerprint density at radius 3 is 2.10 bits per heavy atom. The molecule has 3 rings (SSSR count). The number of hydrogen-bond acceptors (Lipinski definition) is 3. The third-order valence-corrected chi connectivity index (χ3v) is 3.04. The van der Waals surface area contributed by atoms with Crippen LogP contribution in [0.25, 0.3) is 10.9 Å². The van der Waals surface area contributed by atoms with E-state index in [4.69, 9.17) is 5.11 Å². The number of para-hydroxylation sites is 1. The van der Waals surface area contributed by atoms with Gasteiger partial charge in [0.05, 0.1) is 0 Å². The molecule has 0 aliphatic carbocycles. The molecule has 0 amide bonds. The number of benzene rings is 2. The van der Waals surface area contributed by atoms with E-state index in [1.807, 2.05) is 51.1 Å². The summed E-state index contributed by atoms with van der Waals surface area (Å²) in [5.74, 6) is 0.601. The fourth-order valence-electron chi connectivity index (χ4n) is 2.18. The smallest absolute Gasteiger partial charge is 0.141 e. The van der Waals surface area contributed by atoms with Crippen molar-refractivity contribution in [3.05, 3.63) is 65.4 Å². The first-order valence-electron chi connectivity index (χ1n) is 6.78. The number of hydrogen-bond donors (Lipinski definition) is 2. The molecule has 2 N–H and O–H groups in total. The fourth-order valence-corrected chi connectivity index (χ4v) is 2.18. The number of pyridine rings is 1. The van der Waals surface area contributed by atoms with Crippen molar-refractivity contribution in [3.8, 4) is 11.5 Å². The average Bonchev–Trinajstić information content (AvgIpc) is 2.39. The molecule has 0 fully saturated rings. The van der Waals surface area contributed by atoms with Gasteiger partial charge in [0.25, 0.3) is 0 Å². The molecular weight excluding hydrogens is 262 g/mol. The van der Waals surface area contributed by atoms with Gasteiger partial charge in [-0.1, -0.05) is 24.3 Å². The molecular formula is C18H19NO2. The maximum absolute atomic E-state index is 9.43. The lowest BCUT2D eigenvalue weighted by Gasteiger charge is -1.99. The van der Waals surface area contributed by atoms with Gasteiger partial charge in [-0.25, -0.2) is 4.98 Å². The Bertz CT molecular complexity index is 716. The summed E-state index contributed by atoms with van der Waals surface area (Å²) in [7, 11) is 0. The maximum Gasteiger partial charge on any atom is 0.141 e. The van der Waals surface area contributed by atoms with E-state index in [1.54, 1.807) is 18.2 Å². The van der Waals surface area contributed by atoms with Crippen LogP contribution in [-0.4, -0.2) is 15.2 Å². The standard InChI is InChI=1S/C10H9NO.C8H10O/c1-7-5-6-8-3-2-4-9(12)10(8)11-7;1-6-3-7(2)5-8(9)4-6/h2-6,12H,1H3;3-5,9H,1-2H3. The van der Waals surface area contributed by atoms with Crippen molar-refractivity contribution < 1.29 is 10.2 Å². The number of nitrogens with zero attached hydrogens (tertiary/aromatic N) is 1. The van der Waals surface area contributed by atoms with Crippen LogP contribution in [-0.2, 0) is 0 Å². The van der Waals surface area contributed by atoms with Crippen molar-refractivity contribution in [3.63, 3.8) is 0 Å². The SMILES string of the molecule is Cc1cc(C)cc(O)c1.Cc1ccc2cccc(O)c2n1. The summed E-state index contributed by atoms with van der Waals surface area (Å²) in [5.41, 5.74) is 3.81. The number of phenolic OH excluding ortho intramolecular Hbond substituents is 2. The van der Waals surface area contributed by atoms with Gasteiger partial charge in [-0.15, -0.1) is 0 Å². The Balaban J connectivity index is 0.000000161. The molecule has 0 saturated heterocycles. The molecule has 0 atom stereocenters. The summed E-state index contributed by atoms with van der Waals surface area (Å²) in [6, 6.07) is 14.8. The van der Waals surface area contributed by atoms with Crippen molar-refractivity contribution in [1.29, 1.82) is 0 Å². The van der Waals surface area contributed by atoms with Gasteiger partial charge in [-0.2, -0.15) is 0 Å². The lowest BCUT2D eigenvalue weighted by atomic mass is 10.1. The lowest BCUT2D eigenvalue weighted by molar-refractivity contribution is 0.474. The zero-order valence-electron chi connectivity index (χ0n) is 12.5. The second-order valence-corrected chi connectivity index (χ2v) is 5.15. The topological polar surface area (TPSA) is 53.4 Å². The number of fused-ring (bicyclic) bond motifs is 1. The van der Waals surface area contributed by atoms with E-state index >= 15 is 0 Å². The van der Waals surface area contributed by atoms with E-state index < -0.39 is 0 Å². The minimum Gasteiger partial charge on any atom is -0.508 e. The number of rotatable bonds is 0. The van der Waals surface area contributed by atoms with Crippen molar-refractivity contribution in [2.75, 3.05) is 0 Å². The van der Waals surface area contributed by atoms with Crippen LogP contribution in [0.2, 0.25) is 0 Å². The van der Waals surface area contributed by atoms with E-state index in [-0.39, 0.29) is 5.75 Å². The highest BCUT2D eigenvalue weighted by Gasteiger charge is 1.98. The molecule has 0 bridgehead atoms. The maximum atomic E-state index is 9.43. The summed E-state index contributed by atoms with van der Waals surface area (Å²) in [5, 5.41) is 19.4. The van der Waals surface area contributed by atoms with Crippen LogP contribution < -0.4 is 0 Å². The molecule has 0 unspecified atom stereocenters. The predicted octanol–water partition coefficient (Wildman–Crippen LogP) is 4.26. The highest BCUT2D eigenvalue weighted by atomic mass is 16.3. The summed E-state index contributed by atoms with van der Waals surface area (Å²) in [6.07, 6.45) is 0. The van der Waals surface area contributed by atoms with Crippen molar-refractivity contribution in [2.45, 2.75) is 20.8 Å². The molecule has 0 saturated carbocycles. The van der Waals surface area contributed by atoms with Crippen LogP contribution in [0.5, 0.6) is 11.5 Å². The minimum absolute atomic E-state index is 0.246. The van der Waals surface area contributed by atoms with Gasteiger partial charge in [0.2, 0.25) is 0 Å². The molecule has 21 heavy (non-hydrogen) atoms. The van der Waals surface area contributed by atoms with Crippen LogP contribution >= 0.6 is 0 Å². The van der Waals surface area contributed by atoms with Crippen LogP contribution in [0.15, 0.2) is 48.5 Å². The van der Waals surface area contributed by atoms with Crippen molar-refractivity contribution in [1.82, 2.24) is 4.98 Å². The minimum atomic E-state index is 0.246. The van der Waals surface area contributed by atoms with Gasteiger partial charge in [-0.3, -0.25) is 0 Å². The Morgan fingerprint density at radius 2 is 1.48 bits per heavy atom. The van der Waals surface area contributed by atoms with Crippen LogP contribution in [0.1, 0.15) is 16.8 Å². The van der Waals surface area contributed by atoms with Gasteiger partial charge in [-0.05, 0) is 56.2 Å². The first-order valence-corrected chi connectivity index (χ1v) is 6.78. The van der Waals surface area contributed by atoms with Crippen molar-refractivity contribution in [2.24, 2.45) is 0 Å². The van der Waals surface area contributed by atoms with Gasteiger partial charge < -0.3 is 10.2 Å². The second-order valence-electron chi connectivity index (χ2n) is 5.15. The van der Waals surface area contributed by atoms with Crippen LogP contribution in [0, 0.1) is 20.8 Å². The predicted molar refractivity (Wildman–Crippen MR) is 85.7 cm³/mol. The third kappa shape index (κ3) is 3.96. The fraction of sp³-hybridized carbons (Fsp3) is 0.167. The molecule has 2 aromatic carbocycles. The van der Waals surface area contributed by atoms with E-state index in [0.717, 1.165) is 22.2 Å². The summed E-state index contributed by atoms with van der Waals surface area (Å²) in [6.45, 7) is 5.84. The van der Waals surface area contributed by atoms with Crippen LogP contribution in [0.3, 0.4) is 0 Å². The monoisotopic (exact) mass is 281 g/mol. The van der Waals surface area contributed by atoms with Gasteiger partial charge in [0.1, 0.15) is 17.0 Å². The summed E-state index contributed by atoms with van der Waals surface area (Å²) in [4.78, 5) is 4.23. The number of aromatic hydroxyl groups is 2. The highest BCUT2D eigenvalue weighted by Crippen LogP contribution is 2.21. The molecule has 1 heterocycles. The van der Waals surface area contributed by atoms with Crippen LogP contribution in [0.4, 0.5) is 0 Å².